The van der Waals surface area contributed by atoms with Crippen molar-refractivity contribution in [1.29, 1.82) is 0 Å². The van der Waals surface area contributed by atoms with Crippen molar-refractivity contribution in [3.63, 3.8) is 0 Å². The lowest BCUT2D eigenvalue weighted by atomic mass is 9.93. The van der Waals surface area contributed by atoms with Crippen LogP contribution in [0.1, 0.15) is 47.0 Å². The summed E-state index contributed by atoms with van der Waals surface area (Å²) in [5, 5.41) is 2.92. The first-order valence-corrected chi connectivity index (χ1v) is 4.41. The van der Waals surface area contributed by atoms with Gasteiger partial charge in [0.1, 0.15) is 0 Å². The van der Waals surface area contributed by atoms with Crippen molar-refractivity contribution < 1.29 is 4.79 Å². The van der Waals surface area contributed by atoms with Crippen LogP contribution in [0.4, 0.5) is 0 Å². The predicted octanol–water partition coefficient (Wildman–Crippen LogP) is 2.09. The summed E-state index contributed by atoms with van der Waals surface area (Å²) in [6.07, 6.45) is 2.86. The molecule has 1 heterocycles. The molecule has 1 rings (SSSR count). The maximum atomic E-state index is 10.8. The van der Waals surface area contributed by atoms with Crippen molar-refractivity contribution in [1.82, 2.24) is 5.32 Å². The number of nitrogens with one attached hydrogen (secondary N) is 1. The first-order valence-electron chi connectivity index (χ1n) is 4.41. The molecule has 1 aliphatic heterocycles. The smallest absolute Gasteiger partial charge is 0.220 e. The fraction of sp³-hybridized carbons (Fsp3) is 0.889. The van der Waals surface area contributed by atoms with Gasteiger partial charge >= 0.3 is 0 Å². The Hall–Kier alpha value is -0.530. The van der Waals surface area contributed by atoms with Gasteiger partial charge in [0, 0.05) is 12.0 Å². The molecule has 0 aromatic heterocycles. The molecule has 0 bridgehead atoms. The third-order valence-electron chi connectivity index (χ3n) is 1.68. The normalized spacial score (nSPS) is 21.3. The van der Waals surface area contributed by atoms with Crippen LogP contribution in [0.5, 0.6) is 0 Å². The molecule has 1 saturated heterocycles. The molecule has 1 N–H and O–H groups in total. The molecular formula is C9H19NO. The maximum absolute atomic E-state index is 10.8. The van der Waals surface area contributed by atoms with E-state index in [1.54, 1.807) is 0 Å². The third-order valence-corrected chi connectivity index (χ3v) is 1.68. The summed E-state index contributed by atoms with van der Waals surface area (Å²) in [5.41, 5.74) is 0.0509. The molecule has 1 aliphatic rings. The van der Waals surface area contributed by atoms with E-state index in [2.05, 4.69) is 19.2 Å². The monoisotopic (exact) mass is 157 g/mol. The predicted molar refractivity (Wildman–Crippen MR) is 47.4 cm³/mol. The first kappa shape index (κ1) is 10.5. The minimum atomic E-state index is 0.0509. The average molecular weight is 157 g/mol. The van der Waals surface area contributed by atoms with Gasteiger partial charge in [-0.2, -0.15) is 0 Å². The second-order valence-corrected chi connectivity index (χ2v) is 3.29. The first-order chi connectivity index (χ1) is 5.10. The fourth-order valence-electron chi connectivity index (χ4n) is 1.19. The number of carbonyl (C=O) groups is 1. The Bertz CT molecular complexity index is 130. The fourth-order valence-corrected chi connectivity index (χ4v) is 1.19. The maximum Gasteiger partial charge on any atom is 0.220 e. The molecule has 1 amide bonds. The van der Waals surface area contributed by atoms with Gasteiger partial charge < -0.3 is 5.32 Å². The molecule has 0 aliphatic carbocycles. The van der Waals surface area contributed by atoms with Gasteiger partial charge in [0.2, 0.25) is 5.91 Å². The summed E-state index contributed by atoms with van der Waals surface area (Å²) in [6, 6.07) is 0. The molecule has 1 fully saturated rings. The summed E-state index contributed by atoms with van der Waals surface area (Å²) in [7, 11) is 0. The number of hydrogen-bond acceptors (Lipinski definition) is 1. The Kier molecular flexibility index (Phi) is 4.16. The van der Waals surface area contributed by atoms with E-state index in [0.717, 1.165) is 12.8 Å². The summed E-state index contributed by atoms with van der Waals surface area (Å²) in [4.78, 5) is 10.8. The van der Waals surface area contributed by atoms with Gasteiger partial charge in [-0.3, -0.25) is 4.79 Å². The van der Waals surface area contributed by atoms with Crippen LogP contribution < -0.4 is 5.32 Å². The third kappa shape index (κ3) is 4.02. The minimum absolute atomic E-state index is 0.0509. The van der Waals surface area contributed by atoms with Gasteiger partial charge in [0.15, 0.2) is 0 Å². The molecule has 0 spiro atoms. The Morgan fingerprint density at radius 1 is 1.36 bits per heavy atom. The Balaban J connectivity index is 0.000000461. The lowest BCUT2D eigenvalue weighted by molar-refractivity contribution is -0.124. The highest BCUT2D eigenvalue weighted by molar-refractivity contribution is 5.77. The molecule has 0 saturated carbocycles. The van der Waals surface area contributed by atoms with E-state index in [9.17, 15) is 4.79 Å². The molecule has 0 aromatic carbocycles. The van der Waals surface area contributed by atoms with E-state index in [4.69, 9.17) is 0 Å². The Morgan fingerprint density at radius 2 is 1.91 bits per heavy atom. The van der Waals surface area contributed by atoms with E-state index in [1.165, 1.54) is 0 Å². The summed E-state index contributed by atoms with van der Waals surface area (Å²) in [6.45, 7) is 8.12. The second kappa shape index (κ2) is 4.37. The summed E-state index contributed by atoms with van der Waals surface area (Å²) in [5.74, 6) is 0.200. The zero-order chi connectivity index (χ0) is 8.91. The van der Waals surface area contributed by atoms with Crippen LogP contribution in [0, 0.1) is 0 Å². The summed E-state index contributed by atoms with van der Waals surface area (Å²) < 4.78 is 0. The van der Waals surface area contributed by atoms with Crippen LogP contribution in [-0.2, 0) is 4.79 Å². The molecular weight excluding hydrogens is 138 g/mol. The number of rotatable bonds is 0. The topological polar surface area (TPSA) is 29.1 Å². The van der Waals surface area contributed by atoms with E-state index in [-0.39, 0.29) is 11.4 Å². The van der Waals surface area contributed by atoms with Gasteiger partial charge in [0.05, 0.1) is 0 Å². The zero-order valence-electron chi connectivity index (χ0n) is 8.03. The van der Waals surface area contributed by atoms with Crippen molar-refractivity contribution in [2.45, 2.75) is 52.5 Å². The largest absolute Gasteiger partial charge is 0.351 e. The molecule has 2 heteroatoms. The van der Waals surface area contributed by atoms with Crippen LogP contribution in [-0.4, -0.2) is 11.4 Å². The van der Waals surface area contributed by atoms with E-state index < -0.39 is 0 Å². The number of carbonyl (C=O) groups excluding carboxylic acids is 1. The lowest BCUT2D eigenvalue weighted by Crippen LogP contribution is -2.46. The van der Waals surface area contributed by atoms with E-state index in [0.29, 0.717) is 6.42 Å². The van der Waals surface area contributed by atoms with Crippen LogP contribution in [0.15, 0.2) is 0 Å². The summed E-state index contributed by atoms with van der Waals surface area (Å²) >= 11 is 0. The van der Waals surface area contributed by atoms with E-state index >= 15 is 0 Å². The van der Waals surface area contributed by atoms with Gasteiger partial charge in [-0.1, -0.05) is 13.8 Å². The van der Waals surface area contributed by atoms with Gasteiger partial charge in [-0.05, 0) is 26.7 Å². The number of amides is 1. The molecule has 0 atom stereocenters. The van der Waals surface area contributed by atoms with Crippen LogP contribution in [0.3, 0.4) is 0 Å². The second-order valence-electron chi connectivity index (χ2n) is 3.29. The number of piperidine rings is 1. The van der Waals surface area contributed by atoms with Crippen molar-refractivity contribution in [2.24, 2.45) is 0 Å². The van der Waals surface area contributed by atoms with Gasteiger partial charge in [-0.15, -0.1) is 0 Å². The molecule has 0 unspecified atom stereocenters. The highest BCUT2D eigenvalue weighted by Gasteiger charge is 2.24. The minimum Gasteiger partial charge on any atom is -0.351 e. The van der Waals surface area contributed by atoms with Gasteiger partial charge in [-0.25, -0.2) is 0 Å². The van der Waals surface area contributed by atoms with Crippen molar-refractivity contribution >= 4 is 5.91 Å². The van der Waals surface area contributed by atoms with E-state index in [1.807, 2.05) is 13.8 Å². The van der Waals surface area contributed by atoms with Crippen LogP contribution >= 0.6 is 0 Å². The number of hydrogen-bond donors (Lipinski definition) is 1. The zero-order valence-corrected chi connectivity index (χ0v) is 8.03. The SMILES string of the molecule is CC.CC1(C)CCCC(=O)N1. The van der Waals surface area contributed by atoms with Crippen LogP contribution in [0.2, 0.25) is 0 Å². The molecule has 11 heavy (non-hydrogen) atoms. The molecule has 0 aromatic rings. The van der Waals surface area contributed by atoms with Gasteiger partial charge in [0.25, 0.3) is 0 Å². The van der Waals surface area contributed by atoms with Crippen molar-refractivity contribution in [3.05, 3.63) is 0 Å². The molecule has 2 nitrogen and oxygen atoms in total. The average Bonchev–Trinajstić information content (AvgIpc) is 1.89. The molecule has 66 valence electrons. The van der Waals surface area contributed by atoms with Crippen molar-refractivity contribution in [2.75, 3.05) is 0 Å². The van der Waals surface area contributed by atoms with Crippen LogP contribution in [0.25, 0.3) is 0 Å². The lowest BCUT2D eigenvalue weighted by Gasteiger charge is -2.30. The molecule has 0 radical (unpaired) electrons. The highest BCUT2D eigenvalue weighted by atomic mass is 16.1. The standard InChI is InChI=1S/C7H13NO.C2H6/c1-7(2)5-3-4-6(9)8-7;1-2/h3-5H2,1-2H3,(H,8,9);1-2H3. The highest BCUT2D eigenvalue weighted by Crippen LogP contribution is 2.17. The Labute approximate surface area is 69.4 Å². The van der Waals surface area contributed by atoms with Crippen molar-refractivity contribution in [3.8, 4) is 0 Å². The Morgan fingerprint density at radius 3 is 2.18 bits per heavy atom. The quantitative estimate of drug-likeness (QED) is 0.573.